The van der Waals surface area contributed by atoms with Crippen LogP contribution in [0.15, 0.2) is 6.20 Å². The molecule has 1 amide bonds. The van der Waals surface area contributed by atoms with E-state index < -0.39 is 0 Å². The molecule has 5 heteroatoms. The maximum atomic E-state index is 12.5. The molecule has 1 aromatic rings. The highest BCUT2D eigenvalue weighted by Crippen LogP contribution is 2.37. The van der Waals surface area contributed by atoms with Crippen LogP contribution in [0.4, 0.5) is 5.13 Å². The Kier molecular flexibility index (Phi) is 5.66. The maximum Gasteiger partial charge on any atom is 0.229 e. The Morgan fingerprint density at radius 3 is 2.87 bits per heavy atom. The van der Waals surface area contributed by atoms with E-state index in [4.69, 9.17) is 5.26 Å². The second-order valence-electron chi connectivity index (χ2n) is 6.98. The van der Waals surface area contributed by atoms with Gasteiger partial charge in [-0.25, -0.2) is 4.98 Å². The van der Waals surface area contributed by atoms with Crippen molar-refractivity contribution in [1.29, 1.82) is 5.26 Å². The van der Waals surface area contributed by atoms with Crippen molar-refractivity contribution < 1.29 is 4.79 Å². The van der Waals surface area contributed by atoms with Gasteiger partial charge in [-0.15, -0.1) is 11.3 Å². The van der Waals surface area contributed by atoms with Crippen molar-refractivity contribution in [3.05, 3.63) is 11.1 Å². The zero-order chi connectivity index (χ0) is 16.1. The van der Waals surface area contributed by atoms with Crippen LogP contribution < -0.4 is 5.32 Å². The molecule has 1 heterocycles. The van der Waals surface area contributed by atoms with Gasteiger partial charge in [0.05, 0.1) is 6.07 Å². The molecule has 0 aromatic carbocycles. The fraction of sp³-hybridized carbons (Fsp3) is 0.722. The minimum Gasteiger partial charge on any atom is -0.302 e. The summed E-state index contributed by atoms with van der Waals surface area (Å²) in [6, 6.07) is 2.24. The normalized spacial score (nSPS) is 25.7. The molecule has 2 saturated carbocycles. The summed E-state index contributed by atoms with van der Waals surface area (Å²) >= 11 is 1.65. The lowest BCUT2D eigenvalue weighted by Gasteiger charge is -2.26. The third-order valence-corrected chi connectivity index (χ3v) is 6.37. The number of hydrogen-bond donors (Lipinski definition) is 1. The summed E-state index contributed by atoms with van der Waals surface area (Å²) < 4.78 is 0. The zero-order valence-electron chi connectivity index (χ0n) is 13.6. The van der Waals surface area contributed by atoms with Crippen LogP contribution in [0.25, 0.3) is 0 Å². The van der Waals surface area contributed by atoms with Gasteiger partial charge in [-0.3, -0.25) is 4.79 Å². The molecule has 2 fully saturated rings. The molecule has 23 heavy (non-hydrogen) atoms. The lowest BCUT2D eigenvalue weighted by atomic mass is 9.80. The first-order chi connectivity index (χ1) is 11.3. The Bertz CT molecular complexity index is 571. The largest absolute Gasteiger partial charge is 0.302 e. The quantitative estimate of drug-likeness (QED) is 0.857. The van der Waals surface area contributed by atoms with Crippen molar-refractivity contribution in [3.63, 3.8) is 0 Å². The second kappa shape index (κ2) is 7.92. The molecule has 0 aliphatic heterocycles. The fourth-order valence-corrected chi connectivity index (χ4v) is 4.96. The van der Waals surface area contributed by atoms with Gasteiger partial charge in [0.1, 0.15) is 0 Å². The molecule has 124 valence electrons. The summed E-state index contributed by atoms with van der Waals surface area (Å²) in [7, 11) is 0. The van der Waals surface area contributed by atoms with E-state index in [0.29, 0.717) is 18.3 Å². The molecule has 0 unspecified atom stereocenters. The molecule has 0 radical (unpaired) electrons. The highest BCUT2D eigenvalue weighted by Gasteiger charge is 2.28. The van der Waals surface area contributed by atoms with E-state index in [1.807, 2.05) is 6.20 Å². The lowest BCUT2D eigenvalue weighted by molar-refractivity contribution is -0.121. The first-order valence-corrected chi connectivity index (χ1v) is 9.71. The van der Waals surface area contributed by atoms with E-state index in [-0.39, 0.29) is 11.8 Å². The molecule has 2 aliphatic rings. The van der Waals surface area contributed by atoms with Crippen molar-refractivity contribution in [2.45, 2.75) is 70.1 Å². The smallest absolute Gasteiger partial charge is 0.229 e. The zero-order valence-corrected chi connectivity index (χ0v) is 14.4. The molecule has 0 spiro atoms. The van der Waals surface area contributed by atoms with Gasteiger partial charge in [0, 0.05) is 23.4 Å². The van der Waals surface area contributed by atoms with E-state index in [0.717, 1.165) is 30.8 Å². The molecule has 1 N–H and O–H groups in total. The molecule has 0 bridgehead atoms. The van der Waals surface area contributed by atoms with E-state index in [9.17, 15) is 4.79 Å². The Morgan fingerprint density at radius 2 is 2.09 bits per heavy atom. The number of nitrogens with one attached hydrogen (secondary N) is 1. The number of amides is 1. The third kappa shape index (κ3) is 4.32. The minimum atomic E-state index is 0.0455. The monoisotopic (exact) mass is 331 g/mol. The van der Waals surface area contributed by atoms with Crippen LogP contribution in [0.5, 0.6) is 0 Å². The molecule has 1 aromatic heterocycles. The standard InChI is InChI=1S/C18H25N3OS/c19-10-9-13-5-4-8-15(11-13)17(22)21-18-20-12-16(23-18)14-6-2-1-3-7-14/h12-15H,1-9,11H2,(H,20,21,22)/t13-,15+/m1/s1. The van der Waals surface area contributed by atoms with E-state index in [2.05, 4.69) is 16.4 Å². The Labute approximate surface area is 142 Å². The number of hydrogen-bond acceptors (Lipinski definition) is 4. The highest BCUT2D eigenvalue weighted by molar-refractivity contribution is 7.15. The van der Waals surface area contributed by atoms with Crippen molar-refractivity contribution in [3.8, 4) is 6.07 Å². The number of rotatable bonds is 4. The predicted molar refractivity (Wildman–Crippen MR) is 92.2 cm³/mol. The van der Waals surface area contributed by atoms with Gasteiger partial charge < -0.3 is 5.32 Å². The summed E-state index contributed by atoms with van der Waals surface area (Å²) in [5.74, 6) is 1.17. The van der Waals surface area contributed by atoms with Crippen LogP contribution in [0.3, 0.4) is 0 Å². The molecule has 2 atom stereocenters. The lowest BCUT2D eigenvalue weighted by Crippen LogP contribution is -2.28. The topological polar surface area (TPSA) is 65.8 Å². The number of thiazole rings is 1. The number of anilines is 1. The Morgan fingerprint density at radius 1 is 1.26 bits per heavy atom. The summed E-state index contributed by atoms with van der Waals surface area (Å²) in [6.07, 6.45) is 12.9. The van der Waals surface area contributed by atoms with Crippen LogP contribution >= 0.6 is 11.3 Å². The highest BCUT2D eigenvalue weighted by atomic mass is 32.1. The van der Waals surface area contributed by atoms with Crippen LogP contribution in [-0.4, -0.2) is 10.9 Å². The average molecular weight is 331 g/mol. The second-order valence-corrected chi connectivity index (χ2v) is 8.05. The van der Waals surface area contributed by atoms with Crippen LogP contribution in [0, 0.1) is 23.2 Å². The van der Waals surface area contributed by atoms with Gasteiger partial charge in [-0.2, -0.15) is 5.26 Å². The summed E-state index contributed by atoms with van der Waals surface area (Å²) in [6.45, 7) is 0. The first-order valence-electron chi connectivity index (χ1n) is 8.90. The Hall–Kier alpha value is -1.41. The van der Waals surface area contributed by atoms with Gasteiger partial charge in [0.25, 0.3) is 0 Å². The molecule has 0 saturated heterocycles. The summed E-state index contributed by atoms with van der Waals surface area (Å²) in [4.78, 5) is 18.2. The number of carbonyl (C=O) groups is 1. The van der Waals surface area contributed by atoms with Crippen molar-refractivity contribution in [1.82, 2.24) is 4.98 Å². The molecule has 2 aliphatic carbocycles. The number of nitriles is 1. The number of nitrogens with zero attached hydrogens (tertiary/aromatic N) is 2. The van der Waals surface area contributed by atoms with Gasteiger partial charge in [-0.05, 0) is 43.9 Å². The third-order valence-electron chi connectivity index (χ3n) is 5.29. The summed E-state index contributed by atoms with van der Waals surface area (Å²) in [5.41, 5.74) is 0. The minimum absolute atomic E-state index is 0.0455. The Balaban J connectivity index is 1.55. The van der Waals surface area contributed by atoms with E-state index in [1.165, 1.54) is 37.0 Å². The van der Waals surface area contributed by atoms with Crippen LogP contribution in [0.2, 0.25) is 0 Å². The predicted octanol–water partition coefficient (Wildman–Crippen LogP) is 4.85. The number of carbonyl (C=O) groups excluding carboxylic acids is 1. The average Bonchev–Trinajstić information content (AvgIpc) is 3.05. The van der Waals surface area contributed by atoms with E-state index in [1.54, 1.807) is 11.3 Å². The van der Waals surface area contributed by atoms with Gasteiger partial charge in [0.15, 0.2) is 5.13 Å². The van der Waals surface area contributed by atoms with Gasteiger partial charge in [0.2, 0.25) is 5.91 Å². The van der Waals surface area contributed by atoms with E-state index >= 15 is 0 Å². The molecule has 4 nitrogen and oxygen atoms in total. The first kappa shape index (κ1) is 16.4. The summed E-state index contributed by atoms with van der Waals surface area (Å²) in [5, 5.41) is 12.6. The van der Waals surface area contributed by atoms with Crippen molar-refractivity contribution >= 4 is 22.4 Å². The maximum absolute atomic E-state index is 12.5. The number of aromatic nitrogens is 1. The molecule has 3 rings (SSSR count). The molecular formula is C18H25N3OS. The van der Waals surface area contributed by atoms with Crippen LogP contribution in [0.1, 0.15) is 75.0 Å². The van der Waals surface area contributed by atoms with Gasteiger partial charge >= 0.3 is 0 Å². The van der Waals surface area contributed by atoms with Gasteiger partial charge in [-0.1, -0.05) is 25.7 Å². The molecular weight excluding hydrogens is 306 g/mol. The van der Waals surface area contributed by atoms with Crippen molar-refractivity contribution in [2.75, 3.05) is 5.32 Å². The van der Waals surface area contributed by atoms with Crippen molar-refractivity contribution in [2.24, 2.45) is 11.8 Å². The fourth-order valence-electron chi connectivity index (χ4n) is 3.97. The van der Waals surface area contributed by atoms with Crippen LogP contribution in [-0.2, 0) is 4.79 Å². The SMILES string of the molecule is N#CC[C@H]1CCC[C@H](C(=O)Nc2ncc(C3CCCCC3)s2)C1.